The maximum Gasteiger partial charge on any atom is 0.407 e. The third-order valence-electron chi connectivity index (χ3n) is 6.68. The quantitative estimate of drug-likeness (QED) is 0.273. The molecule has 0 saturated carbocycles. The number of anilines is 1. The Kier molecular flexibility index (Phi) is 11.3. The summed E-state index contributed by atoms with van der Waals surface area (Å²) in [6.07, 6.45) is 3.52. The van der Waals surface area contributed by atoms with Crippen LogP contribution in [0.15, 0.2) is 43.0 Å². The molecular weight excluding hydrogens is 522 g/mol. The SMILES string of the molecule is C=C(CNC(=O)OC(C)(C)C)c1ccc(CN2CCCN(c3ccc(OC)c(OCCCCC)c3)C2=O)c(OC)c1. The molecule has 3 amide bonds. The Balaban J connectivity index is 1.69. The van der Waals surface area contributed by atoms with Crippen LogP contribution in [0.2, 0.25) is 0 Å². The molecule has 0 aromatic heterocycles. The Morgan fingerprint density at radius 2 is 1.76 bits per heavy atom. The minimum absolute atomic E-state index is 0.0737. The van der Waals surface area contributed by atoms with Crippen LogP contribution in [0.3, 0.4) is 0 Å². The van der Waals surface area contributed by atoms with E-state index in [-0.39, 0.29) is 12.6 Å². The van der Waals surface area contributed by atoms with Crippen molar-refractivity contribution in [2.24, 2.45) is 0 Å². The molecule has 1 fully saturated rings. The highest BCUT2D eigenvalue weighted by atomic mass is 16.6. The van der Waals surface area contributed by atoms with Gasteiger partial charge in [0.1, 0.15) is 11.4 Å². The average molecular weight is 568 g/mol. The molecule has 224 valence electrons. The molecule has 41 heavy (non-hydrogen) atoms. The number of alkyl carbamates (subject to hydrolysis) is 1. The first-order chi connectivity index (χ1) is 19.6. The van der Waals surface area contributed by atoms with Gasteiger partial charge in [0.15, 0.2) is 11.5 Å². The van der Waals surface area contributed by atoms with Gasteiger partial charge in [-0.1, -0.05) is 38.5 Å². The van der Waals surface area contributed by atoms with E-state index in [1.807, 2.05) is 62.1 Å². The number of rotatable bonds is 13. The largest absolute Gasteiger partial charge is 0.496 e. The minimum atomic E-state index is -0.574. The smallest absolute Gasteiger partial charge is 0.407 e. The summed E-state index contributed by atoms with van der Waals surface area (Å²) in [5.41, 5.74) is 2.64. The van der Waals surface area contributed by atoms with E-state index in [9.17, 15) is 9.59 Å². The van der Waals surface area contributed by atoms with Gasteiger partial charge in [0.2, 0.25) is 0 Å². The summed E-state index contributed by atoms with van der Waals surface area (Å²) in [6.45, 7) is 14.2. The molecule has 0 aliphatic carbocycles. The van der Waals surface area contributed by atoms with Gasteiger partial charge in [0.05, 0.1) is 27.4 Å². The predicted molar refractivity (Wildman–Crippen MR) is 162 cm³/mol. The third-order valence-corrected chi connectivity index (χ3v) is 6.68. The van der Waals surface area contributed by atoms with E-state index in [0.717, 1.165) is 42.5 Å². The summed E-state index contributed by atoms with van der Waals surface area (Å²) in [4.78, 5) is 29.2. The van der Waals surface area contributed by atoms with Crippen LogP contribution < -0.4 is 24.4 Å². The first-order valence-electron chi connectivity index (χ1n) is 14.3. The fraction of sp³-hybridized carbons (Fsp3) is 0.500. The van der Waals surface area contributed by atoms with Crippen molar-refractivity contribution in [3.8, 4) is 17.2 Å². The number of methoxy groups -OCH3 is 2. The van der Waals surface area contributed by atoms with Gasteiger partial charge in [0.25, 0.3) is 0 Å². The second-order valence-corrected chi connectivity index (χ2v) is 11.1. The van der Waals surface area contributed by atoms with Gasteiger partial charge in [-0.25, -0.2) is 9.59 Å². The molecule has 9 nitrogen and oxygen atoms in total. The topological polar surface area (TPSA) is 89.6 Å². The molecule has 0 atom stereocenters. The van der Waals surface area contributed by atoms with Gasteiger partial charge in [0, 0.05) is 37.0 Å². The van der Waals surface area contributed by atoms with Gasteiger partial charge >= 0.3 is 12.1 Å². The summed E-state index contributed by atoms with van der Waals surface area (Å²) in [5, 5.41) is 2.73. The lowest BCUT2D eigenvalue weighted by Crippen LogP contribution is -2.49. The van der Waals surface area contributed by atoms with Crippen molar-refractivity contribution < 1.29 is 28.5 Å². The number of urea groups is 1. The van der Waals surface area contributed by atoms with Crippen molar-refractivity contribution >= 4 is 23.4 Å². The molecule has 0 radical (unpaired) electrons. The van der Waals surface area contributed by atoms with Crippen LogP contribution >= 0.6 is 0 Å². The van der Waals surface area contributed by atoms with Gasteiger partial charge in [-0.15, -0.1) is 0 Å². The lowest BCUT2D eigenvalue weighted by Gasteiger charge is -2.36. The Labute approximate surface area is 244 Å². The van der Waals surface area contributed by atoms with Crippen molar-refractivity contribution in [2.75, 3.05) is 45.4 Å². The molecule has 1 saturated heterocycles. The zero-order chi connectivity index (χ0) is 30.0. The van der Waals surface area contributed by atoms with Crippen molar-refractivity contribution in [1.29, 1.82) is 0 Å². The Morgan fingerprint density at radius 1 is 1.00 bits per heavy atom. The second kappa shape index (κ2) is 14.7. The van der Waals surface area contributed by atoms with Crippen LogP contribution in [-0.4, -0.2) is 63.1 Å². The summed E-state index contributed by atoms with van der Waals surface area (Å²) < 4.78 is 22.5. The van der Waals surface area contributed by atoms with E-state index in [2.05, 4.69) is 18.8 Å². The van der Waals surface area contributed by atoms with E-state index >= 15 is 0 Å². The highest BCUT2D eigenvalue weighted by Gasteiger charge is 2.28. The number of carbonyl (C=O) groups is 2. The molecule has 1 N–H and O–H groups in total. The van der Waals surface area contributed by atoms with Gasteiger partial charge in [-0.2, -0.15) is 0 Å². The Morgan fingerprint density at radius 3 is 2.44 bits per heavy atom. The van der Waals surface area contributed by atoms with Crippen molar-refractivity contribution in [1.82, 2.24) is 10.2 Å². The van der Waals surface area contributed by atoms with Crippen molar-refractivity contribution in [3.63, 3.8) is 0 Å². The number of hydrogen-bond donors (Lipinski definition) is 1. The monoisotopic (exact) mass is 567 g/mol. The van der Waals surface area contributed by atoms with E-state index in [4.69, 9.17) is 18.9 Å². The first-order valence-corrected chi connectivity index (χ1v) is 14.3. The lowest BCUT2D eigenvalue weighted by atomic mass is 10.0. The number of amides is 3. The summed E-state index contributed by atoms with van der Waals surface area (Å²) >= 11 is 0. The molecule has 1 aliphatic heterocycles. The number of benzene rings is 2. The fourth-order valence-corrected chi connectivity index (χ4v) is 4.54. The summed E-state index contributed by atoms with van der Waals surface area (Å²) in [7, 11) is 3.22. The van der Waals surface area contributed by atoms with Crippen molar-refractivity contribution in [3.05, 3.63) is 54.1 Å². The third kappa shape index (κ3) is 9.06. The lowest BCUT2D eigenvalue weighted by molar-refractivity contribution is 0.0535. The van der Waals surface area contributed by atoms with E-state index < -0.39 is 11.7 Å². The molecule has 0 spiro atoms. The number of nitrogens with zero attached hydrogens (tertiary/aromatic N) is 2. The average Bonchev–Trinajstić information content (AvgIpc) is 2.94. The molecular formula is C32H45N3O6. The zero-order valence-electron chi connectivity index (χ0n) is 25.4. The van der Waals surface area contributed by atoms with Crippen molar-refractivity contribution in [2.45, 2.75) is 65.5 Å². The molecule has 3 rings (SSSR count). The van der Waals surface area contributed by atoms with Crippen LogP contribution in [-0.2, 0) is 11.3 Å². The Hall–Kier alpha value is -3.88. The predicted octanol–water partition coefficient (Wildman–Crippen LogP) is 6.64. The number of carbonyl (C=O) groups excluding carboxylic acids is 2. The zero-order valence-corrected chi connectivity index (χ0v) is 25.4. The molecule has 0 bridgehead atoms. The highest BCUT2D eigenvalue weighted by molar-refractivity contribution is 5.93. The maximum absolute atomic E-state index is 13.6. The van der Waals surface area contributed by atoms with Crippen LogP contribution in [0, 0.1) is 0 Å². The highest BCUT2D eigenvalue weighted by Crippen LogP contribution is 2.34. The molecule has 0 unspecified atom stereocenters. The number of unbranched alkanes of at least 4 members (excludes halogenated alkanes) is 2. The van der Waals surface area contributed by atoms with Gasteiger partial charge in [-0.05, 0) is 62.9 Å². The van der Waals surface area contributed by atoms with Crippen LogP contribution in [0.1, 0.15) is 64.5 Å². The van der Waals surface area contributed by atoms with Gasteiger partial charge in [-0.3, -0.25) is 4.90 Å². The van der Waals surface area contributed by atoms with Crippen LogP contribution in [0.4, 0.5) is 15.3 Å². The fourth-order valence-electron chi connectivity index (χ4n) is 4.54. The summed E-state index contributed by atoms with van der Waals surface area (Å²) in [5.74, 6) is 1.95. The number of hydrogen-bond acceptors (Lipinski definition) is 6. The van der Waals surface area contributed by atoms with E-state index in [1.54, 1.807) is 19.1 Å². The molecule has 9 heteroatoms. The molecule has 2 aromatic carbocycles. The standard InChI is InChI=1S/C32H45N3O6/c1-8-9-10-18-40-29-20-26(14-15-27(29)38-6)35-17-11-16-34(31(35)37)22-25-13-12-24(19-28(25)39-7)23(2)21-33-30(36)41-32(3,4)5/h12-15,19-20H,2,8-11,16-18,21-22H2,1,3-7H3,(H,33,36). The number of ether oxygens (including phenoxy) is 4. The minimum Gasteiger partial charge on any atom is -0.496 e. The van der Waals surface area contributed by atoms with E-state index in [0.29, 0.717) is 49.1 Å². The first kappa shape index (κ1) is 31.6. The maximum atomic E-state index is 13.6. The van der Waals surface area contributed by atoms with E-state index in [1.165, 1.54) is 0 Å². The van der Waals surface area contributed by atoms with Gasteiger partial charge < -0.3 is 29.2 Å². The normalized spacial score (nSPS) is 13.6. The Bertz CT molecular complexity index is 1210. The molecule has 1 aliphatic rings. The number of nitrogens with one attached hydrogen (secondary N) is 1. The molecule has 2 aromatic rings. The second-order valence-electron chi connectivity index (χ2n) is 11.1. The molecule has 1 heterocycles. The van der Waals surface area contributed by atoms with Crippen LogP contribution in [0.5, 0.6) is 17.2 Å². The van der Waals surface area contributed by atoms with Crippen LogP contribution in [0.25, 0.3) is 5.57 Å². The summed E-state index contributed by atoms with van der Waals surface area (Å²) in [6, 6.07) is 11.3.